The van der Waals surface area contributed by atoms with Gasteiger partial charge in [-0.25, -0.2) is 9.67 Å². The minimum Gasteiger partial charge on any atom is -0.344 e. The van der Waals surface area contributed by atoms with Crippen LogP contribution in [0.3, 0.4) is 0 Å². The van der Waals surface area contributed by atoms with Gasteiger partial charge in [-0.1, -0.05) is 23.7 Å². The summed E-state index contributed by atoms with van der Waals surface area (Å²) in [5.74, 6) is 0.383. The molecule has 2 amide bonds. The highest BCUT2D eigenvalue weighted by molar-refractivity contribution is 6.33. The fourth-order valence-corrected chi connectivity index (χ4v) is 3.55. The Labute approximate surface area is 185 Å². The van der Waals surface area contributed by atoms with Crippen molar-refractivity contribution in [2.45, 2.75) is 39.7 Å². The normalized spacial score (nSPS) is 14.2. The molecule has 0 aliphatic heterocycles. The van der Waals surface area contributed by atoms with Crippen LogP contribution >= 0.6 is 11.6 Å². The van der Waals surface area contributed by atoms with Gasteiger partial charge < -0.3 is 10.6 Å². The molecule has 3 aromatic rings. The zero-order valence-corrected chi connectivity index (χ0v) is 18.4. The average Bonchev–Trinajstić information content (AvgIpc) is 3.53. The largest absolute Gasteiger partial charge is 0.344 e. The van der Waals surface area contributed by atoms with Crippen LogP contribution in [0.5, 0.6) is 0 Å². The topological polar surface area (TPSA) is 88.9 Å². The van der Waals surface area contributed by atoms with E-state index in [1.165, 1.54) is 0 Å². The molecule has 1 unspecified atom stereocenters. The molecule has 0 bridgehead atoms. The number of nitrogens with zero attached hydrogens (tertiary/aromatic N) is 3. The second kappa shape index (κ2) is 8.51. The third kappa shape index (κ3) is 4.77. The van der Waals surface area contributed by atoms with Crippen molar-refractivity contribution in [3.8, 4) is 5.82 Å². The number of halogens is 1. The van der Waals surface area contributed by atoms with Gasteiger partial charge in [-0.05, 0) is 69.5 Å². The number of pyridine rings is 1. The van der Waals surface area contributed by atoms with E-state index in [1.54, 1.807) is 16.8 Å². The maximum atomic E-state index is 12.9. The zero-order valence-electron chi connectivity index (χ0n) is 17.6. The Morgan fingerprint density at radius 2 is 1.84 bits per heavy atom. The van der Waals surface area contributed by atoms with Gasteiger partial charge in [0.05, 0.1) is 16.8 Å². The van der Waals surface area contributed by atoms with Crippen molar-refractivity contribution in [2.24, 2.45) is 5.92 Å². The lowest BCUT2D eigenvalue weighted by molar-refractivity contribution is -0.117. The zero-order chi connectivity index (χ0) is 22.1. The predicted octanol–water partition coefficient (Wildman–Crippen LogP) is 4.38. The van der Waals surface area contributed by atoms with Gasteiger partial charge in [-0.3, -0.25) is 9.59 Å². The molecule has 7 nitrogen and oxygen atoms in total. The summed E-state index contributed by atoms with van der Waals surface area (Å²) >= 11 is 6.26. The van der Waals surface area contributed by atoms with Gasteiger partial charge in [0.2, 0.25) is 5.91 Å². The van der Waals surface area contributed by atoms with Gasteiger partial charge in [0.25, 0.3) is 5.91 Å². The minimum atomic E-state index is -0.369. The summed E-state index contributed by atoms with van der Waals surface area (Å²) in [6, 6.07) is 12.5. The van der Waals surface area contributed by atoms with E-state index in [-0.39, 0.29) is 34.5 Å². The maximum absolute atomic E-state index is 12.9. The Balaban J connectivity index is 1.46. The van der Waals surface area contributed by atoms with Gasteiger partial charge >= 0.3 is 0 Å². The lowest BCUT2D eigenvalue weighted by Crippen LogP contribution is -2.28. The number of carbonyl (C=O) groups is 2. The number of amides is 2. The molecule has 2 heterocycles. The second-order valence-electron chi connectivity index (χ2n) is 7.92. The predicted molar refractivity (Wildman–Crippen MR) is 120 cm³/mol. The smallest absolute Gasteiger partial charge is 0.271 e. The van der Waals surface area contributed by atoms with Crippen LogP contribution in [0, 0.1) is 19.8 Å². The van der Waals surface area contributed by atoms with Crippen LogP contribution in [0.2, 0.25) is 5.02 Å². The van der Waals surface area contributed by atoms with Crippen LogP contribution in [-0.4, -0.2) is 26.6 Å². The average molecular weight is 438 g/mol. The molecular weight excluding hydrogens is 414 g/mol. The Morgan fingerprint density at radius 1 is 1.13 bits per heavy atom. The summed E-state index contributed by atoms with van der Waals surface area (Å²) in [5, 5.41) is 10.5. The molecule has 1 aliphatic carbocycles. The number of aryl methyl sites for hydroxylation is 2. The second-order valence-corrected chi connectivity index (χ2v) is 8.33. The van der Waals surface area contributed by atoms with Gasteiger partial charge in [0, 0.05) is 17.3 Å². The molecule has 1 aromatic carbocycles. The Hall–Kier alpha value is -3.19. The number of benzene rings is 1. The summed E-state index contributed by atoms with van der Waals surface area (Å²) in [5.41, 5.74) is 3.59. The summed E-state index contributed by atoms with van der Waals surface area (Å²) in [4.78, 5) is 29.2. The van der Waals surface area contributed by atoms with Crippen molar-refractivity contribution >= 4 is 29.1 Å². The van der Waals surface area contributed by atoms with E-state index < -0.39 is 0 Å². The van der Waals surface area contributed by atoms with Gasteiger partial charge in [0.15, 0.2) is 5.82 Å². The van der Waals surface area contributed by atoms with Crippen LogP contribution in [0.15, 0.2) is 42.5 Å². The lowest BCUT2D eigenvalue weighted by Gasteiger charge is -2.16. The van der Waals surface area contributed by atoms with Gasteiger partial charge in [-0.2, -0.15) is 5.10 Å². The number of hydrogen-bond donors (Lipinski definition) is 2. The summed E-state index contributed by atoms with van der Waals surface area (Å²) in [6.45, 7) is 5.71. The molecule has 1 aliphatic rings. The quantitative estimate of drug-likeness (QED) is 0.599. The van der Waals surface area contributed by atoms with E-state index in [9.17, 15) is 9.59 Å². The highest BCUT2D eigenvalue weighted by Crippen LogP contribution is 2.30. The number of nitrogens with one attached hydrogen (secondary N) is 2. The van der Waals surface area contributed by atoms with Crippen molar-refractivity contribution in [1.29, 1.82) is 0 Å². The molecule has 4 rings (SSSR count). The number of carbonyl (C=O) groups excluding carboxylic acids is 2. The minimum absolute atomic E-state index is 0.0670. The fraction of sp³-hybridized carbons (Fsp3) is 0.304. The van der Waals surface area contributed by atoms with E-state index in [0.29, 0.717) is 5.82 Å². The number of aromatic nitrogens is 3. The maximum Gasteiger partial charge on any atom is 0.271 e. The van der Waals surface area contributed by atoms with E-state index in [2.05, 4.69) is 20.7 Å². The molecule has 1 atom stereocenters. The highest BCUT2D eigenvalue weighted by atomic mass is 35.5. The van der Waals surface area contributed by atoms with Gasteiger partial charge in [-0.15, -0.1) is 0 Å². The van der Waals surface area contributed by atoms with Crippen molar-refractivity contribution in [2.75, 3.05) is 5.32 Å². The van der Waals surface area contributed by atoms with Crippen LogP contribution < -0.4 is 10.6 Å². The standard InChI is InChI=1S/C23H24ClN5O2/c1-13-12-14(2)29(28-13)20-11-10-19(24)21(27-20)23(31)25-15(3)16-6-8-18(9-7-16)26-22(30)17-4-5-17/h6-12,15,17H,4-5H2,1-3H3,(H,25,31)(H,26,30). The Kier molecular flexibility index (Phi) is 5.78. The molecule has 160 valence electrons. The monoisotopic (exact) mass is 437 g/mol. The fourth-order valence-electron chi connectivity index (χ4n) is 3.36. The lowest BCUT2D eigenvalue weighted by atomic mass is 10.1. The first-order chi connectivity index (χ1) is 14.8. The molecule has 0 radical (unpaired) electrons. The first-order valence-corrected chi connectivity index (χ1v) is 10.6. The van der Waals surface area contributed by atoms with Crippen molar-refractivity contribution in [3.05, 3.63) is 70.1 Å². The first kappa shape index (κ1) is 21.1. The first-order valence-electron chi connectivity index (χ1n) is 10.2. The van der Waals surface area contributed by atoms with Crippen LogP contribution in [0.1, 0.15) is 53.2 Å². The number of rotatable bonds is 6. The van der Waals surface area contributed by atoms with Crippen molar-refractivity contribution in [3.63, 3.8) is 0 Å². The van der Waals surface area contributed by atoms with E-state index >= 15 is 0 Å². The summed E-state index contributed by atoms with van der Waals surface area (Å²) in [7, 11) is 0. The molecular formula is C23H24ClN5O2. The Bertz CT molecular complexity index is 1140. The molecule has 2 aromatic heterocycles. The molecule has 31 heavy (non-hydrogen) atoms. The summed E-state index contributed by atoms with van der Waals surface area (Å²) in [6.07, 6.45) is 1.93. The number of anilines is 1. The van der Waals surface area contributed by atoms with Crippen LogP contribution in [-0.2, 0) is 4.79 Å². The van der Waals surface area contributed by atoms with Crippen molar-refractivity contribution in [1.82, 2.24) is 20.1 Å². The van der Waals surface area contributed by atoms with E-state index in [1.807, 2.05) is 51.1 Å². The van der Waals surface area contributed by atoms with Crippen LogP contribution in [0.4, 0.5) is 5.69 Å². The molecule has 2 N–H and O–H groups in total. The Morgan fingerprint density at radius 3 is 2.45 bits per heavy atom. The third-order valence-corrected chi connectivity index (χ3v) is 5.55. The van der Waals surface area contributed by atoms with E-state index in [0.717, 1.165) is 35.5 Å². The molecule has 1 saturated carbocycles. The molecule has 8 heteroatoms. The molecule has 0 saturated heterocycles. The van der Waals surface area contributed by atoms with E-state index in [4.69, 9.17) is 11.6 Å². The summed E-state index contributed by atoms with van der Waals surface area (Å²) < 4.78 is 1.68. The highest BCUT2D eigenvalue weighted by Gasteiger charge is 2.29. The van der Waals surface area contributed by atoms with Crippen molar-refractivity contribution < 1.29 is 9.59 Å². The number of hydrogen-bond acceptors (Lipinski definition) is 4. The third-order valence-electron chi connectivity index (χ3n) is 5.25. The SMILES string of the molecule is Cc1cc(C)n(-c2ccc(Cl)c(C(=O)NC(C)c3ccc(NC(=O)C4CC4)cc3)n2)n1. The van der Waals surface area contributed by atoms with Crippen LogP contribution in [0.25, 0.3) is 5.82 Å². The molecule has 0 spiro atoms. The van der Waals surface area contributed by atoms with Gasteiger partial charge in [0.1, 0.15) is 5.69 Å². The molecule has 1 fully saturated rings.